The van der Waals surface area contributed by atoms with Gasteiger partial charge in [-0.3, -0.25) is 9.88 Å². The molecule has 1 aliphatic rings. The average molecular weight is 280 g/mol. The summed E-state index contributed by atoms with van der Waals surface area (Å²) in [5.74, 6) is 1.95. The fraction of sp³-hybridized carbons (Fsp3) is 0.250. The Morgan fingerprint density at radius 2 is 2.14 bits per heavy atom. The van der Waals surface area contributed by atoms with Gasteiger partial charge < -0.3 is 4.74 Å². The van der Waals surface area contributed by atoms with Gasteiger partial charge in [-0.25, -0.2) is 9.97 Å². The molecular weight excluding hydrogens is 264 g/mol. The third-order valence-electron chi connectivity index (χ3n) is 3.94. The van der Waals surface area contributed by atoms with Crippen LogP contribution in [0.1, 0.15) is 17.4 Å². The molecule has 106 valence electrons. The number of imidazole rings is 1. The molecule has 0 saturated carbocycles. The normalized spacial score (nSPS) is 17.1. The van der Waals surface area contributed by atoms with Gasteiger partial charge in [0.2, 0.25) is 0 Å². The third kappa shape index (κ3) is 2.06. The van der Waals surface area contributed by atoms with E-state index in [-0.39, 0.29) is 6.04 Å². The number of nitrogens with one attached hydrogen (secondary N) is 1. The van der Waals surface area contributed by atoms with E-state index >= 15 is 0 Å². The molecule has 1 atom stereocenters. The smallest absolute Gasteiger partial charge is 0.161 e. The molecule has 3 aromatic rings. The number of benzene rings is 1. The number of nitrogens with zero attached hydrogens (tertiary/aromatic N) is 3. The fourth-order valence-corrected chi connectivity index (χ4v) is 2.85. The van der Waals surface area contributed by atoms with Crippen molar-refractivity contribution in [3.05, 3.63) is 54.0 Å². The minimum absolute atomic E-state index is 0.229. The molecule has 0 saturated heterocycles. The molecule has 0 radical (unpaired) electrons. The van der Waals surface area contributed by atoms with E-state index in [4.69, 9.17) is 9.72 Å². The van der Waals surface area contributed by atoms with Crippen molar-refractivity contribution >= 4 is 11.2 Å². The van der Waals surface area contributed by atoms with Crippen molar-refractivity contribution in [1.29, 1.82) is 0 Å². The minimum Gasteiger partial charge on any atom is -0.497 e. The molecule has 2 aromatic heterocycles. The van der Waals surface area contributed by atoms with Crippen molar-refractivity contribution in [3.8, 4) is 5.75 Å². The van der Waals surface area contributed by atoms with Crippen LogP contribution in [-0.4, -0.2) is 21.6 Å². The Kier molecular flexibility index (Phi) is 2.86. The van der Waals surface area contributed by atoms with Gasteiger partial charge in [-0.05, 0) is 36.2 Å². The van der Waals surface area contributed by atoms with Gasteiger partial charge >= 0.3 is 0 Å². The average Bonchev–Trinajstić information content (AvgIpc) is 3.08. The van der Waals surface area contributed by atoms with Gasteiger partial charge in [-0.2, -0.15) is 0 Å². The van der Waals surface area contributed by atoms with E-state index < -0.39 is 0 Å². The first-order valence-corrected chi connectivity index (χ1v) is 7.02. The molecular formula is C16H16N4O. The summed E-state index contributed by atoms with van der Waals surface area (Å²) in [6, 6.07) is 12.4. The molecule has 5 heteroatoms. The van der Waals surface area contributed by atoms with E-state index in [9.17, 15) is 0 Å². The Balaban J connectivity index is 1.63. The quantitative estimate of drug-likeness (QED) is 0.799. The predicted octanol–water partition coefficient (Wildman–Crippen LogP) is 2.28. The van der Waals surface area contributed by atoms with Gasteiger partial charge in [0.1, 0.15) is 17.1 Å². The number of aromatic nitrogens is 3. The topological polar surface area (TPSA) is 52.0 Å². The first kappa shape index (κ1) is 12.3. The Morgan fingerprint density at radius 3 is 2.95 bits per heavy atom. The molecule has 0 bridgehead atoms. The Morgan fingerprint density at radius 1 is 1.29 bits per heavy atom. The molecule has 1 aliphatic heterocycles. The molecule has 0 amide bonds. The highest BCUT2D eigenvalue weighted by Gasteiger charge is 2.26. The highest BCUT2D eigenvalue weighted by molar-refractivity contribution is 5.71. The maximum atomic E-state index is 5.19. The van der Waals surface area contributed by atoms with Crippen molar-refractivity contribution in [2.75, 3.05) is 7.11 Å². The first-order chi connectivity index (χ1) is 10.3. The summed E-state index contributed by atoms with van der Waals surface area (Å²) in [5.41, 5.74) is 3.19. The second kappa shape index (κ2) is 4.86. The van der Waals surface area contributed by atoms with Crippen LogP contribution in [0.2, 0.25) is 0 Å². The monoisotopic (exact) mass is 280 g/mol. The van der Waals surface area contributed by atoms with Crippen LogP contribution in [0.4, 0.5) is 0 Å². The summed E-state index contributed by atoms with van der Waals surface area (Å²) in [5, 5.41) is 3.50. The number of hydrogen-bond acceptors (Lipinski definition) is 4. The van der Waals surface area contributed by atoms with Gasteiger partial charge in [-0.1, -0.05) is 12.1 Å². The zero-order valence-electron chi connectivity index (χ0n) is 11.8. The molecule has 0 fully saturated rings. The predicted molar refractivity (Wildman–Crippen MR) is 80.1 cm³/mol. The van der Waals surface area contributed by atoms with Crippen molar-refractivity contribution in [2.45, 2.75) is 19.1 Å². The number of rotatable bonds is 3. The highest BCUT2D eigenvalue weighted by atomic mass is 16.5. The van der Waals surface area contributed by atoms with Crippen molar-refractivity contribution in [3.63, 3.8) is 0 Å². The highest BCUT2D eigenvalue weighted by Crippen LogP contribution is 2.27. The summed E-state index contributed by atoms with van der Waals surface area (Å²) in [4.78, 5) is 9.14. The maximum Gasteiger partial charge on any atom is 0.161 e. The summed E-state index contributed by atoms with van der Waals surface area (Å²) in [7, 11) is 1.68. The molecule has 1 aromatic carbocycles. The molecule has 4 rings (SSSR count). The standard InChI is InChI=1S/C16H16N4O/c1-21-12-6-4-11(5-7-12)9-14-16-19-13-3-2-8-17-15(13)20(16)10-18-14/h2-8,14,18H,9-10H2,1H3. The van der Waals surface area contributed by atoms with Gasteiger partial charge in [0.15, 0.2) is 5.65 Å². The first-order valence-electron chi connectivity index (χ1n) is 7.02. The van der Waals surface area contributed by atoms with Gasteiger partial charge in [0, 0.05) is 6.20 Å². The van der Waals surface area contributed by atoms with Gasteiger partial charge in [0.25, 0.3) is 0 Å². The Bertz CT molecular complexity index is 779. The SMILES string of the molecule is COc1ccc(CC2NCn3c2nc2cccnc23)cc1. The molecule has 3 heterocycles. The van der Waals surface area contributed by atoms with E-state index in [1.807, 2.05) is 30.5 Å². The van der Waals surface area contributed by atoms with Crippen LogP contribution >= 0.6 is 0 Å². The van der Waals surface area contributed by atoms with Crippen molar-refractivity contribution in [1.82, 2.24) is 19.9 Å². The van der Waals surface area contributed by atoms with E-state index in [1.54, 1.807) is 7.11 Å². The van der Waals surface area contributed by atoms with E-state index in [1.165, 1.54) is 5.56 Å². The summed E-state index contributed by atoms with van der Waals surface area (Å²) >= 11 is 0. The van der Waals surface area contributed by atoms with Crippen molar-refractivity contribution in [2.24, 2.45) is 0 Å². The fourth-order valence-electron chi connectivity index (χ4n) is 2.85. The Hall–Kier alpha value is -2.40. The van der Waals surface area contributed by atoms with Crippen LogP contribution in [-0.2, 0) is 13.1 Å². The lowest BCUT2D eigenvalue weighted by Gasteiger charge is -2.09. The zero-order valence-corrected chi connectivity index (χ0v) is 11.8. The molecule has 1 unspecified atom stereocenters. The van der Waals surface area contributed by atoms with Crippen LogP contribution in [0.3, 0.4) is 0 Å². The molecule has 1 N–H and O–H groups in total. The van der Waals surface area contributed by atoms with E-state index in [0.717, 1.165) is 35.8 Å². The van der Waals surface area contributed by atoms with E-state index in [2.05, 4.69) is 27.0 Å². The largest absolute Gasteiger partial charge is 0.497 e. The van der Waals surface area contributed by atoms with Crippen molar-refractivity contribution < 1.29 is 4.74 Å². The van der Waals surface area contributed by atoms with Crippen LogP contribution in [0, 0.1) is 0 Å². The summed E-state index contributed by atoms with van der Waals surface area (Å²) in [6.07, 6.45) is 2.72. The number of methoxy groups -OCH3 is 1. The van der Waals surface area contributed by atoms with Crippen LogP contribution in [0.15, 0.2) is 42.6 Å². The van der Waals surface area contributed by atoms with Crippen LogP contribution < -0.4 is 10.1 Å². The lowest BCUT2D eigenvalue weighted by molar-refractivity contribution is 0.414. The second-order valence-corrected chi connectivity index (χ2v) is 5.21. The Labute approximate surface area is 122 Å². The van der Waals surface area contributed by atoms with E-state index in [0.29, 0.717) is 0 Å². The van der Waals surface area contributed by atoms with Crippen LogP contribution in [0.25, 0.3) is 11.2 Å². The van der Waals surface area contributed by atoms with Gasteiger partial charge in [0.05, 0.1) is 19.8 Å². The summed E-state index contributed by atoms with van der Waals surface area (Å²) in [6.45, 7) is 0.768. The lowest BCUT2D eigenvalue weighted by atomic mass is 10.1. The molecule has 21 heavy (non-hydrogen) atoms. The zero-order chi connectivity index (χ0) is 14.2. The number of ether oxygens (including phenoxy) is 1. The maximum absolute atomic E-state index is 5.19. The third-order valence-corrected chi connectivity index (χ3v) is 3.94. The van der Waals surface area contributed by atoms with Crippen LogP contribution in [0.5, 0.6) is 5.75 Å². The number of pyridine rings is 1. The number of fused-ring (bicyclic) bond motifs is 3. The lowest BCUT2D eigenvalue weighted by Crippen LogP contribution is -2.15. The minimum atomic E-state index is 0.229. The van der Waals surface area contributed by atoms with Gasteiger partial charge in [-0.15, -0.1) is 0 Å². The molecule has 0 aliphatic carbocycles. The summed E-state index contributed by atoms with van der Waals surface area (Å²) < 4.78 is 7.35. The second-order valence-electron chi connectivity index (χ2n) is 5.21. The number of hydrogen-bond donors (Lipinski definition) is 1. The molecule has 0 spiro atoms. The molecule has 5 nitrogen and oxygen atoms in total.